The topological polar surface area (TPSA) is 49.8 Å². The van der Waals surface area contributed by atoms with Gasteiger partial charge in [0, 0.05) is 17.5 Å². The maximum absolute atomic E-state index is 13.0. The van der Waals surface area contributed by atoms with Gasteiger partial charge in [-0.05, 0) is 63.3 Å². The second-order valence-corrected chi connectivity index (χ2v) is 7.10. The van der Waals surface area contributed by atoms with Crippen LogP contribution in [0.5, 0.6) is 0 Å². The van der Waals surface area contributed by atoms with Crippen molar-refractivity contribution in [3.63, 3.8) is 0 Å². The van der Waals surface area contributed by atoms with Crippen LogP contribution in [0.15, 0.2) is 63.6 Å². The number of rotatable bonds is 5. The standard InChI is InChI=1S/C22H24N2O3/c1-23-12-10-18(11-13-23)24(16-20-6-4-14-26-20)22(25)9-8-19-15-17-5-2-3-7-21(17)27-19/h2-9,14-15,18H,10-13,16H2,1H3/b9-8+. The highest BCUT2D eigenvalue weighted by molar-refractivity contribution is 5.92. The zero-order chi connectivity index (χ0) is 18.6. The first-order chi connectivity index (χ1) is 13.2. The maximum atomic E-state index is 13.0. The molecule has 1 aliphatic heterocycles. The van der Waals surface area contributed by atoms with Gasteiger partial charge in [0.15, 0.2) is 0 Å². The average Bonchev–Trinajstić information content (AvgIpc) is 3.34. The summed E-state index contributed by atoms with van der Waals surface area (Å²) in [5.74, 6) is 1.48. The van der Waals surface area contributed by atoms with E-state index in [4.69, 9.17) is 8.83 Å². The molecule has 3 heterocycles. The van der Waals surface area contributed by atoms with E-state index in [1.54, 1.807) is 18.4 Å². The predicted octanol–water partition coefficient (Wildman–Crippen LogP) is 4.16. The number of para-hydroxylation sites is 1. The average molecular weight is 364 g/mol. The monoisotopic (exact) mass is 364 g/mol. The number of hydrogen-bond acceptors (Lipinski definition) is 4. The van der Waals surface area contributed by atoms with E-state index in [1.165, 1.54) is 0 Å². The summed E-state index contributed by atoms with van der Waals surface area (Å²) in [7, 11) is 2.12. The smallest absolute Gasteiger partial charge is 0.247 e. The van der Waals surface area contributed by atoms with E-state index in [-0.39, 0.29) is 11.9 Å². The van der Waals surface area contributed by atoms with Gasteiger partial charge in [-0.1, -0.05) is 18.2 Å². The molecule has 0 spiro atoms. The van der Waals surface area contributed by atoms with Crippen LogP contribution in [0.3, 0.4) is 0 Å². The molecule has 1 aromatic carbocycles. The lowest BCUT2D eigenvalue weighted by Gasteiger charge is -2.36. The Hall–Kier alpha value is -2.79. The van der Waals surface area contributed by atoms with Crippen molar-refractivity contribution in [2.45, 2.75) is 25.4 Å². The molecule has 27 heavy (non-hydrogen) atoms. The van der Waals surface area contributed by atoms with Gasteiger partial charge in [0.05, 0.1) is 12.8 Å². The minimum Gasteiger partial charge on any atom is -0.467 e. The first-order valence-electron chi connectivity index (χ1n) is 9.37. The second kappa shape index (κ2) is 7.84. The van der Waals surface area contributed by atoms with Crippen molar-refractivity contribution >= 4 is 23.0 Å². The van der Waals surface area contributed by atoms with Crippen LogP contribution in [0.4, 0.5) is 0 Å². The van der Waals surface area contributed by atoms with Gasteiger partial charge < -0.3 is 18.6 Å². The van der Waals surface area contributed by atoms with Crippen molar-refractivity contribution in [1.82, 2.24) is 9.80 Å². The van der Waals surface area contributed by atoms with Gasteiger partial charge in [-0.15, -0.1) is 0 Å². The lowest BCUT2D eigenvalue weighted by atomic mass is 10.0. The summed E-state index contributed by atoms with van der Waals surface area (Å²) < 4.78 is 11.3. The molecule has 0 unspecified atom stereocenters. The molecular formula is C22H24N2O3. The number of fused-ring (bicyclic) bond motifs is 1. The predicted molar refractivity (Wildman–Crippen MR) is 105 cm³/mol. The highest BCUT2D eigenvalue weighted by Crippen LogP contribution is 2.22. The number of carbonyl (C=O) groups is 1. The molecule has 0 bridgehead atoms. The fourth-order valence-electron chi connectivity index (χ4n) is 3.60. The molecule has 4 rings (SSSR count). The van der Waals surface area contributed by atoms with Crippen molar-refractivity contribution in [1.29, 1.82) is 0 Å². The second-order valence-electron chi connectivity index (χ2n) is 7.10. The number of piperidine rings is 1. The van der Waals surface area contributed by atoms with E-state index in [9.17, 15) is 4.79 Å². The maximum Gasteiger partial charge on any atom is 0.247 e. The fraction of sp³-hybridized carbons (Fsp3) is 0.318. The Balaban J connectivity index is 1.52. The van der Waals surface area contributed by atoms with Gasteiger partial charge in [-0.3, -0.25) is 4.79 Å². The van der Waals surface area contributed by atoms with Crippen molar-refractivity contribution in [2.75, 3.05) is 20.1 Å². The van der Waals surface area contributed by atoms with Crippen LogP contribution in [-0.2, 0) is 11.3 Å². The molecule has 1 amide bonds. The molecular weight excluding hydrogens is 340 g/mol. The normalized spacial score (nSPS) is 16.3. The van der Waals surface area contributed by atoms with Crippen LogP contribution in [-0.4, -0.2) is 41.9 Å². The SMILES string of the molecule is CN1CCC(N(Cc2ccco2)C(=O)/C=C/c2cc3ccccc3o2)CC1. The van der Waals surface area contributed by atoms with Gasteiger partial charge in [0.1, 0.15) is 17.1 Å². The molecule has 0 atom stereocenters. The van der Waals surface area contributed by atoms with Crippen LogP contribution in [0.25, 0.3) is 17.0 Å². The molecule has 5 nitrogen and oxygen atoms in total. The van der Waals surface area contributed by atoms with Crippen LogP contribution in [0.1, 0.15) is 24.4 Å². The van der Waals surface area contributed by atoms with Crippen LogP contribution in [0, 0.1) is 0 Å². The first kappa shape index (κ1) is 17.6. The number of likely N-dealkylation sites (tertiary alicyclic amines) is 1. The molecule has 5 heteroatoms. The molecule has 0 saturated carbocycles. The third-order valence-electron chi connectivity index (χ3n) is 5.15. The van der Waals surface area contributed by atoms with E-state index in [0.717, 1.165) is 42.7 Å². The minimum absolute atomic E-state index is 0.0126. The summed E-state index contributed by atoms with van der Waals surface area (Å²) in [6.45, 7) is 2.49. The van der Waals surface area contributed by atoms with E-state index in [1.807, 2.05) is 47.4 Å². The fourth-order valence-corrected chi connectivity index (χ4v) is 3.60. The number of furan rings is 2. The van der Waals surface area contributed by atoms with Crippen LogP contribution >= 0.6 is 0 Å². The summed E-state index contributed by atoms with van der Waals surface area (Å²) in [6, 6.07) is 13.8. The van der Waals surface area contributed by atoms with Crippen molar-refractivity contribution in [3.8, 4) is 0 Å². The van der Waals surface area contributed by atoms with Crippen LogP contribution < -0.4 is 0 Å². The number of nitrogens with zero attached hydrogens (tertiary/aromatic N) is 2. The Kier molecular flexibility index (Phi) is 5.12. The summed E-state index contributed by atoms with van der Waals surface area (Å²) in [6.07, 6.45) is 6.96. The molecule has 1 fully saturated rings. The lowest BCUT2D eigenvalue weighted by Crippen LogP contribution is -2.45. The Morgan fingerprint density at radius 3 is 2.78 bits per heavy atom. The largest absolute Gasteiger partial charge is 0.467 e. The molecule has 3 aromatic rings. The third-order valence-corrected chi connectivity index (χ3v) is 5.15. The van der Waals surface area contributed by atoms with Gasteiger partial charge >= 0.3 is 0 Å². The Morgan fingerprint density at radius 2 is 2.04 bits per heavy atom. The summed E-state index contributed by atoms with van der Waals surface area (Å²) >= 11 is 0. The lowest BCUT2D eigenvalue weighted by molar-refractivity contribution is -0.130. The van der Waals surface area contributed by atoms with Gasteiger partial charge in [-0.25, -0.2) is 0 Å². The zero-order valence-corrected chi connectivity index (χ0v) is 15.5. The van der Waals surface area contributed by atoms with Gasteiger partial charge in [0.25, 0.3) is 0 Å². The minimum atomic E-state index is -0.0126. The number of hydrogen-bond donors (Lipinski definition) is 0. The van der Waals surface area contributed by atoms with E-state index in [0.29, 0.717) is 12.3 Å². The van der Waals surface area contributed by atoms with E-state index >= 15 is 0 Å². The molecule has 0 aliphatic carbocycles. The zero-order valence-electron chi connectivity index (χ0n) is 15.5. The number of carbonyl (C=O) groups excluding carboxylic acids is 1. The number of amides is 1. The molecule has 140 valence electrons. The van der Waals surface area contributed by atoms with Crippen molar-refractivity contribution < 1.29 is 13.6 Å². The molecule has 1 saturated heterocycles. The Labute approximate surface area is 158 Å². The summed E-state index contributed by atoms with van der Waals surface area (Å²) in [4.78, 5) is 17.2. The van der Waals surface area contributed by atoms with Crippen molar-refractivity contribution in [2.24, 2.45) is 0 Å². The van der Waals surface area contributed by atoms with Gasteiger partial charge in [-0.2, -0.15) is 0 Å². The van der Waals surface area contributed by atoms with Crippen LogP contribution in [0.2, 0.25) is 0 Å². The molecule has 1 aliphatic rings. The highest BCUT2D eigenvalue weighted by Gasteiger charge is 2.26. The highest BCUT2D eigenvalue weighted by atomic mass is 16.3. The summed E-state index contributed by atoms with van der Waals surface area (Å²) in [5, 5.41) is 1.03. The molecule has 0 N–H and O–H groups in total. The van der Waals surface area contributed by atoms with Gasteiger partial charge in [0.2, 0.25) is 5.91 Å². The summed E-state index contributed by atoms with van der Waals surface area (Å²) in [5.41, 5.74) is 0.826. The van der Waals surface area contributed by atoms with Crippen molar-refractivity contribution in [3.05, 3.63) is 66.3 Å². The molecule has 2 aromatic heterocycles. The Bertz CT molecular complexity index is 885. The third kappa shape index (κ3) is 4.14. The number of benzene rings is 1. The quantitative estimate of drug-likeness (QED) is 0.638. The molecule has 0 radical (unpaired) electrons. The van der Waals surface area contributed by atoms with E-state index < -0.39 is 0 Å². The first-order valence-corrected chi connectivity index (χ1v) is 9.37. The van der Waals surface area contributed by atoms with E-state index in [2.05, 4.69) is 11.9 Å². The Morgan fingerprint density at radius 1 is 1.22 bits per heavy atom.